The molecule has 0 atom stereocenters. The lowest BCUT2D eigenvalue weighted by atomic mass is 10.2. The number of methoxy groups -OCH3 is 1. The van der Waals surface area contributed by atoms with Gasteiger partial charge in [0.25, 0.3) is 11.1 Å². The SMILES string of the molecule is COc1ccc(Cl)cc1-c1nnc(SCc2cccc(Br)c2)o1. The third kappa shape index (κ3) is 4.07. The van der Waals surface area contributed by atoms with Gasteiger partial charge >= 0.3 is 0 Å². The molecule has 4 nitrogen and oxygen atoms in total. The molecule has 0 bridgehead atoms. The zero-order valence-electron chi connectivity index (χ0n) is 12.1. The van der Waals surface area contributed by atoms with E-state index in [-0.39, 0.29) is 0 Å². The van der Waals surface area contributed by atoms with E-state index in [9.17, 15) is 0 Å². The normalized spacial score (nSPS) is 10.7. The van der Waals surface area contributed by atoms with Gasteiger partial charge in [-0.2, -0.15) is 0 Å². The van der Waals surface area contributed by atoms with Crippen LogP contribution in [0.5, 0.6) is 5.75 Å². The second-order valence-corrected chi connectivity index (χ2v) is 6.92. The van der Waals surface area contributed by atoms with Crippen molar-refractivity contribution in [1.82, 2.24) is 10.2 Å². The molecule has 7 heteroatoms. The molecule has 0 radical (unpaired) electrons. The van der Waals surface area contributed by atoms with Gasteiger partial charge < -0.3 is 9.15 Å². The molecule has 0 aliphatic carbocycles. The van der Waals surface area contributed by atoms with Crippen LogP contribution in [-0.2, 0) is 5.75 Å². The van der Waals surface area contributed by atoms with E-state index in [1.807, 2.05) is 12.1 Å². The number of hydrogen-bond donors (Lipinski definition) is 0. The van der Waals surface area contributed by atoms with E-state index in [4.69, 9.17) is 20.8 Å². The highest BCUT2D eigenvalue weighted by Crippen LogP contribution is 2.33. The van der Waals surface area contributed by atoms with Gasteiger partial charge in [-0.05, 0) is 35.9 Å². The van der Waals surface area contributed by atoms with Gasteiger partial charge in [0, 0.05) is 15.2 Å². The molecular weight excluding hydrogens is 400 g/mol. The third-order valence-electron chi connectivity index (χ3n) is 3.05. The number of halogens is 2. The largest absolute Gasteiger partial charge is 0.496 e. The minimum Gasteiger partial charge on any atom is -0.496 e. The molecule has 0 N–H and O–H groups in total. The maximum Gasteiger partial charge on any atom is 0.277 e. The van der Waals surface area contributed by atoms with E-state index in [1.165, 1.54) is 17.3 Å². The Balaban J connectivity index is 1.77. The van der Waals surface area contributed by atoms with Gasteiger partial charge in [0.2, 0.25) is 0 Å². The summed E-state index contributed by atoms with van der Waals surface area (Å²) in [4.78, 5) is 0. The average Bonchev–Trinajstić information content (AvgIpc) is 3.02. The molecule has 0 fully saturated rings. The molecule has 0 aliphatic rings. The number of ether oxygens (including phenoxy) is 1. The van der Waals surface area contributed by atoms with Crippen molar-refractivity contribution in [3.05, 3.63) is 57.5 Å². The van der Waals surface area contributed by atoms with Gasteiger partial charge in [-0.1, -0.05) is 51.4 Å². The first-order valence-corrected chi connectivity index (χ1v) is 8.86. The molecule has 3 aromatic rings. The summed E-state index contributed by atoms with van der Waals surface area (Å²) in [7, 11) is 1.59. The Labute approximate surface area is 151 Å². The fourth-order valence-electron chi connectivity index (χ4n) is 2.00. The number of rotatable bonds is 5. The van der Waals surface area contributed by atoms with Crippen molar-refractivity contribution in [3.8, 4) is 17.2 Å². The van der Waals surface area contributed by atoms with Crippen molar-refractivity contribution in [1.29, 1.82) is 0 Å². The summed E-state index contributed by atoms with van der Waals surface area (Å²) >= 11 is 11.0. The van der Waals surface area contributed by atoms with E-state index in [1.54, 1.807) is 25.3 Å². The highest BCUT2D eigenvalue weighted by Gasteiger charge is 2.14. The summed E-state index contributed by atoms with van der Waals surface area (Å²) in [5, 5.41) is 9.24. The van der Waals surface area contributed by atoms with Gasteiger partial charge in [0.1, 0.15) is 5.75 Å². The molecule has 0 saturated heterocycles. The number of aromatic nitrogens is 2. The Morgan fingerprint density at radius 3 is 2.87 bits per heavy atom. The molecule has 118 valence electrons. The van der Waals surface area contributed by atoms with Crippen molar-refractivity contribution in [2.45, 2.75) is 11.0 Å². The van der Waals surface area contributed by atoms with Crippen molar-refractivity contribution in [3.63, 3.8) is 0 Å². The van der Waals surface area contributed by atoms with Gasteiger partial charge in [-0.3, -0.25) is 0 Å². The average molecular weight is 412 g/mol. The summed E-state index contributed by atoms with van der Waals surface area (Å²) in [6, 6.07) is 13.4. The van der Waals surface area contributed by atoms with Crippen LogP contribution in [0.4, 0.5) is 0 Å². The zero-order valence-corrected chi connectivity index (χ0v) is 15.3. The lowest BCUT2D eigenvalue weighted by Crippen LogP contribution is -1.87. The molecule has 1 aromatic heterocycles. The fraction of sp³-hybridized carbons (Fsp3) is 0.125. The predicted octanol–water partition coefficient (Wildman–Crippen LogP) is 5.45. The van der Waals surface area contributed by atoms with E-state index in [2.05, 4.69) is 38.3 Å². The van der Waals surface area contributed by atoms with Crippen molar-refractivity contribution >= 4 is 39.3 Å². The first kappa shape index (κ1) is 16.4. The number of nitrogens with zero attached hydrogens (tertiary/aromatic N) is 2. The topological polar surface area (TPSA) is 48.2 Å². The molecule has 3 rings (SSSR count). The summed E-state index contributed by atoms with van der Waals surface area (Å²) in [6.45, 7) is 0. The Kier molecular flexibility index (Phi) is 5.25. The summed E-state index contributed by atoms with van der Waals surface area (Å²) in [6.07, 6.45) is 0. The number of hydrogen-bond acceptors (Lipinski definition) is 5. The summed E-state index contributed by atoms with van der Waals surface area (Å²) in [5.41, 5.74) is 1.85. The van der Waals surface area contributed by atoms with E-state index < -0.39 is 0 Å². The minimum atomic E-state index is 0.390. The molecular formula is C16H12BrClN2O2S. The molecule has 2 aromatic carbocycles. The Hall–Kier alpha value is -1.50. The number of benzene rings is 2. The molecule has 0 aliphatic heterocycles. The van der Waals surface area contributed by atoms with Crippen LogP contribution in [0.25, 0.3) is 11.5 Å². The molecule has 1 heterocycles. The van der Waals surface area contributed by atoms with Crippen molar-refractivity contribution in [2.75, 3.05) is 7.11 Å². The van der Waals surface area contributed by atoms with Gasteiger partial charge in [-0.25, -0.2) is 0 Å². The lowest BCUT2D eigenvalue weighted by molar-refractivity contribution is 0.411. The van der Waals surface area contributed by atoms with E-state index in [0.717, 1.165) is 10.2 Å². The zero-order chi connectivity index (χ0) is 16.2. The van der Waals surface area contributed by atoms with E-state index in [0.29, 0.717) is 27.4 Å². The minimum absolute atomic E-state index is 0.390. The predicted molar refractivity (Wildman–Crippen MR) is 95.0 cm³/mol. The fourth-order valence-corrected chi connectivity index (χ4v) is 3.32. The van der Waals surface area contributed by atoms with Gasteiger partial charge in [0.05, 0.1) is 12.7 Å². The van der Waals surface area contributed by atoms with Crippen molar-refractivity contribution in [2.24, 2.45) is 0 Å². The maximum absolute atomic E-state index is 6.03. The first-order chi connectivity index (χ1) is 11.2. The van der Waals surface area contributed by atoms with Gasteiger partial charge in [0.15, 0.2) is 0 Å². The summed E-state index contributed by atoms with van der Waals surface area (Å²) in [5.74, 6) is 1.77. The second kappa shape index (κ2) is 7.38. The number of thioether (sulfide) groups is 1. The van der Waals surface area contributed by atoms with Crippen LogP contribution in [0, 0.1) is 0 Å². The van der Waals surface area contributed by atoms with Crippen LogP contribution in [0.2, 0.25) is 5.02 Å². The van der Waals surface area contributed by atoms with Crippen LogP contribution < -0.4 is 4.74 Å². The van der Waals surface area contributed by atoms with Crippen LogP contribution in [-0.4, -0.2) is 17.3 Å². The Morgan fingerprint density at radius 1 is 1.22 bits per heavy atom. The molecule has 0 amide bonds. The van der Waals surface area contributed by atoms with E-state index >= 15 is 0 Å². The maximum atomic E-state index is 6.03. The highest BCUT2D eigenvalue weighted by molar-refractivity contribution is 9.10. The third-order valence-corrected chi connectivity index (χ3v) is 4.67. The van der Waals surface area contributed by atoms with Crippen LogP contribution in [0.1, 0.15) is 5.56 Å². The summed E-state index contributed by atoms with van der Waals surface area (Å²) < 4.78 is 12.1. The first-order valence-electron chi connectivity index (χ1n) is 6.70. The van der Waals surface area contributed by atoms with Crippen molar-refractivity contribution < 1.29 is 9.15 Å². The second-order valence-electron chi connectivity index (χ2n) is 4.64. The van der Waals surface area contributed by atoms with Gasteiger partial charge in [-0.15, -0.1) is 10.2 Å². The van der Waals surface area contributed by atoms with Crippen LogP contribution in [0.3, 0.4) is 0 Å². The lowest BCUT2D eigenvalue weighted by Gasteiger charge is -2.04. The monoisotopic (exact) mass is 410 g/mol. The Morgan fingerprint density at radius 2 is 2.09 bits per heavy atom. The molecule has 0 spiro atoms. The molecule has 0 unspecified atom stereocenters. The Bertz CT molecular complexity index is 825. The molecule has 0 saturated carbocycles. The van der Waals surface area contributed by atoms with Crippen LogP contribution in [0.15, 0.2) is 56.6 Å². The highest BCUT2D eigenvalue weighted by atomic mass is 79.9. The van der Waals surface area contributed by atoms with Crippen LogP contribution >= 0.6 is 39.3 Å². The smallest absolute Gasteiger partial charge is 0.277 e. The standard InChI is InChI=1S/C16H12BrClN2O2S/c1-21-14-6-5-12(18)8-13(14)15-19-20-16(22-15)23-9-10-3-2-4-11(17)7-10/h2-8H,9H2,1H3. The molecule has 23 heavy (non-hydrogen) atoms. The quantitative estimate of drug-likeness (QED) is 0.522.